The number of aromatic nitrogens is 3. The van der Waals surface area contributed by atoms with Crippen molar-refractivity contribution in [1.82, 2.24) is 15.2 Å². The van der Waals surface area contributed by atoms with Gasteiger partial charge in [-0.3, -0.25) is 10.1 Å². The second-order valence-electron chi connectivity index (χ2n) is 5.62. The van der Waals surface area contributed by atoms with E-state index in [0.29, 0.717) is 22.5 Å². The molecule has 0 radical (unpaired) electrons. The van der Waals surface area contributed by atoms with E-state index in [1.165, 1.54) is 23.9 Å². The Morgan fingerprint density at radius 3 is 2.93 bits per heavy atom. The molecule has 0 amide bonds. The molecule has 0 bridgehead atoms. The number of nitrogens with zero attached hydrogens (tertiary/aromatic N) is 4. The molecule has 0 fully saturated rings. The molecule has 1 atom stereocenters. The summed E-state index contributed by atoms with van der Waals surface area (Å²) in [5.41, 5.74) is 2.10. The average Bonchev–Trinajstić information content (AvgIpc) is 3.11. The normalized spacial score (nSPS) is 15.3. The maximum atomic E-state index is 10.8. The first-order valence-electron chi connectivity index (χ1n) is 7.98. The molecule has 142 valence electrons. The number of thioether (sulfide) groups is 1. The fourth-order valence-electron chi connectivity index (χ4n) is 2.58. The van der Waals surface area contributed by atoms with Crippen LogP contribution in [0.25, 0.3) is 17.3 Å². The van der Waals surface area contributed by atoms with Crippen molar-refractivity contribution in [2.75, 3.05) is 11.6 Å². The smallest absolute Gasteiger partial charge is 0.433 e. The highest BCUT2D eigenvalue weighted by Crippen LogP contribution is 2.38. The van der Waals surface area contributed by atoms with Crippen LogP contribution < -0.4 is 10.1 Å². The number of nitro groups is 1. The molecule has 0 spiro atoms. The van der Waals surface area contributed by atoms with Crippen molar-refractivity contribution in [3.63, 3.8) is 0 Å². The van der Waals surface area contributed by atoms with Crippen LogP contribution in [0, 0.1) is 10.1 Å². The highest BCUT2D eigenvalue weighted by atomic mass is 79.9. The lowest BCUT2D eigenvalue weighted by Gasteiger charge is -2.15. The summed E-state index contributed by atoms with van der Waals surface area (Å²) in [6.45, 7) is 0. The zero-order valence-corrected chi connectivity index (χ0v) is 16.7. The van der Waals surface area contributed by atoms with Crippen LogP contribution in [0.3, 0.4) is 0 Å². The van der Waals surface area contributed by atoms with Crippen LogP contribution in [-0.4, -0.2) is 32.6 Å². The fourth-order valence-corrected chi connectivity index (χ4v) is 3.23. The van der Waals surface area contributed by atoms with Gasteiger partial charge in [-0.2, -0.15) is 4.98 Å². The summed E-state index contributed by atoms with van der Waals surface area (Å²) in [7, 11) is 0. The van der Waals surface area contributed by atoms with E-state index in [9.17, 15) is 10.1 Å². The van der Waals surface area contributed by atoms with Crippen molar-refractivity contribution < 1.29 is 14.1 Å². The van der Waals surface area contributed by atoms with E-state index in [0.717, 1.165) is 15.7 Å². The maximum absolute atomic E-state index is 10.8. The summed E-state index contributed by atoms with van der Waals surface area (Å²) in [5.74, 6) is 0.350. The van der Waals surface area contributed by atoms with Gasteiger partial charge in [0.2, 0.25) is 11.0 Å². The number of furan rings is 1. The van der Waals surface area contributed by atoms with Gasteiger partial charge in [-0.05, 0) is 42.7 Å². The third-order valence-electron chi connectivity index (χ3n) is 3.82. The monoisotopic (exact) mass is 461 g/mol. The topological polar surface area (TPSA) is 116 Å². The number of halogens is 1. The zero-order valence-electron chi connectivity index (χ0n) is 14.3. The van der Waals surface area contributed by atoms with E-state index in [1.807, 2.05) is 24.5 Å². The third kappa shape index (κ3) is 3.71. The predicted molar refractivity (Wildman–Crippen MR) is 107 cm³/mol. The molecule has 3 aromatic rings. The molecule has 2 aromatic heterocycles. The van der Waals surface area contributed by atoms with E-state index in [-0.39, 0.29) is 5.88 Å². The number of benzene rings is 1. The Morgan fingerprint density at radius 2 is 2.18 bits per heavy atom. The van der Waals surface area contributed by atoms with E-state index >= 15 is 0 Å². The van der Waals surface area contributed by atoms with E-state index in [4.69, 9.17) is 9.15 Å². The lowest BCUT2D eigenvalue weighted by molar-refractivity contribution is -0.402. The molecule has 1 aliphatic rings. The molecule has 0 saturated carbocycles. The molecule has 4 rings (SSSR count). The van der Waals surface area contributed by atoms with E-state index in [1.54, 1.807) is 12.2 Å². The van der Waals surface area contributed by atoms with Crippen LogP contribution >= 0.6 is 27.7 Å². The van der Waals surface area contributed by atoms with Gasteiger partial charge in [0.15, 0.2) is 11.9 Å². The second kappa shape index (κ2) is 7.60. The van der Waals surface area contributed by atoms with Crippen LogP contribution in [-0.2, 0) is 0 Å². The first-order chi connectivity index (χ1) is 13.5. The number of hydrogen-bond donors (Lipinski definition) is 1. The molecule has 0 aliphatic carbocycles. The molecule has 1 aliphatic heterocycles. The van der Waals surface area contributed by atoms with Crippen LogP contribution in [0.2, 0.25) is 0 Å². The SMILES string of the molecule is CSc1nnc2c(n1)OC(C=Cc1ccc([N+](=O)[O-])o1)Nc1ccc(Br)cc1-2. The van der Waals surface area contributed by atoms with Crippen molar-refractivity contribution in [1.29, 1.82) is 0 Å². The summed E-state index contributed by atoms with van der Waals surface area (Å²) in [6, 6.07) is 8.50. The quantitative estimate of drug-likeness (QED) is 0.343. The second-order valence-corrected chi connectivity index (χ2v) is 7.31. The van der Waals surface area contributed by atoms with Gasteiger partial charge in [0.05, 0.1) is 6.07 Å². The van der Waals surface area contributed by atoms with Gasteiger partial charge in [0, 0.05) is 15.7 Å². The number of rotatable bonds is 4. The maximum Gasteiger partial charge on any atom is 0.433 e. The van der Waals surface area contributed by atoms with Gasteiger partial charge in [-0.1, -0.05) is 27.7 Å². The summed E-state index contributed by atoms with van der Waals surface area (Å²) >= 11 is 4.82. The number of hydrogen-bond acceptors (Lipinski definition) is 9. The number of fused-ring (bicyclic) bond motifs is 3. The van der Waals surface area contributed by atoms with Crippen LogP contribution in [0.5, 0.6) is 5.88 Å². The molecule has 11 heteroatoms. The molecular formula is C17H12BrN5O4S. The predicted octanol–water partition coefficient (Wildman–Crippen LogP) is 4.37. The Kier molecular flexibility index (Phi) is 5.01. The van der Waals surface area contributed by atoms with Gasteiger partial charge in [0.1, 0.15) is 10.7 Å². The first kappa shape index (κ1) is 18.4. The molecule has 28 heavy (non-hydrogen) atoms. The van der Waals surface area contributed by atoms with Crippen molar-refractivity contribution in [2.24, 2.45) is 0 Å². The van der Waals surface area contributed by atoms with Crippen molar-refractivity contribution >= 4 is 45.3 Å². The Bertz CT molecular complexity index is 1090. The Morgan fingerprint density at radius 1 is 1.32 bits per heavy atom. The van der Waals surface area contributed by atoms with Crippen molar-refractivity contribution in [3.8, 4) is 17.1 Å². The molecule has 0 saturated heterocycles. The van der Waals surface area contributed by atoms with E-state index < -0.39 is 11.2 Å². The van der Waals surface area contributed by atoms with Gasteiger partial charge < -0.3 is 14.5 Å². The minimum atomic E-state index is -0.600. The fraction of sp³-hybridized carbons (Fsp3) is 0.118. The lowest BCUT2D eigenvalue weighted by atomic mass is 10.1. The molecule has 1 unspecified atom stereocenters. The minimum absolute atomic E-state index is 0.323. The number of anilines is 1. The molecule has 9 nitrogen and oxygen atoms in total. The lowest BCUT2D eigenvalue weighted by Crippen LogP contribution is -2.23. The Labute approximate surface area is 171 Å². The molecule has 1 aromatic carbocycles. The highest BCUT2D eigenvalue weighted by molar-refractivity contribution is 9.10. The van der Waals surface area contributed by atoms with Gasteiger partial charge >= 0.3 is 5.88 Å². The van der Waals surface area contributed by atoms with Gasteiger partial charge in [-0.25, -0.2) is 0 Å². The molecule has 1 N–H and O–H groups in total. The third-order valence-corrected chi connectivity index (χ3v) is 4.85. The zero-order chi connectivity index (χ0) is 19.7. The minimum Gasteiger partial charge on any atom is -0.448 e. The summed E-state index contributed by atoms with van der Waals surface area (Å²) in [4.78, 5) is 14.6. The van der Waals surface area contributed by atoms with Crippen molar-refractivity contribution in [3.05, 3.63) is 56.8 Å². The van der Waals surface area contributed by atoms with Crippen LogP contribution in [0.1, 0.15) is 5.76 Å². The van der Waals surface area contributed by atoms with Crippen LogP contribution in [0.4, 0.5) is 11.6 Å². The number of nitrogens with one attached hydrogen (secondary N) is 1. The first-order valence-corrected chi connectivity index (χ1v) is 9.99. The largest absolute Gasteiger partial charge is 0.448 e. The summed E-state index contributed by atoms with van der Waals surface area (Å²) < 4.78 is 12.0. The number of ether oxygens (including phenoxy) is 1. The summed E-state index contributed by atoms with van der Waals surface area (Å²) in [5, 5.41) is 22.9. The molecule has 3 heterocycles. The van der Waals surface area contributed by atoms with Gasteiger partial charge in [0.25, 0.3) is 0 Å². The van der Waals surface area contributed by atoms with Crippen molar-refractivity contribution in [2.45, 2.75) is 11.4 Å². The summed E-state index contributed by atoms with van der Waals surface area (Å²) in [6.07, 6.45) is 4.53. The van der Waals surface area contributed by atoms with Crippen LogP contribution in [0.15, 0.2) is 50.5 Å². The molecular weight excluding hydrogens is 450 g/mol. The average molecular weight is 462 g/mol. The highest BCUT2D eigenvalue weighted by Gasteiger charge is 2.24. The Hall–Kier alpha value is -2.92. The van der Waals surface area contributed by atoms with E-state index in [2.05, 4.69) is 36.4 Å². The standard InChI is InChI=1S/C17H12BrN5O4S/c1-28-17-20-16-15(21-22-17)11-8-9(18)2-5-12(11)19-13(27-16)6-3-10-4-7-14(26-10)23(24)25/h2-8,13,19H,1H3. The Balaban J connectivity index is 1.71. The van der Waals surface area contributed by atoms with Gasteiger partial charge in [-0.15, -0.1) is 10.2 Å².